The molecule has 0 heterocycles. The van der Waals surface area contributed by atoms with Crippen LogP contribution in [0.2, 0.25) is 0 Å². The summed E-state index contributed by atoms with van der Waals surface area (Å²) in [4.78, 5) is 55.8. The lowest BCUT2D eigenvalue weighted by molar-refractivity contribution is -0.183. The Morgan fingerprint density at radius 2 is 1.26 bits per heavy atom. The number of amides is 1. The zero-order valence-corrected chi connectivity index (χ0v) is 35.2. The topological polar surface area (TPSA) is 126 Å². The minimum atomic E-state index is -1.82. The van der Waals surface area contributed by atoms with Gasteiger partial charge in [0.05, 0.1) is 0 Å². The molecule has 1 N–H and O–H groups in total. The summed E-state index contributed by atoms with van der Waals surface area (Å²) in [6.07, 6.45) is 3.22. The monoisotopic (exact) mass is 785 g/mol. The SMILES string of the molecule is C=CCC(C)(CC)OC(=O)[C@H](CCC(CCCCc1ccc(OCc2ccccc2)cc1)(C(=O)OCc1ccccc1)C(=O)OC(C)(C)C)NC(=O)OC(C)(C)C. The van der Waals surface area contributed by atoms with Crippen molar-refractivity contribution < 1.29 is 42.9 Å². The van der Waals surface area contributed by atoms with E-state index >= 15 is 0 Å². The summed E-state index contributed by atoms with van der Waals surface area (Å²) in [5.74, 6) is -1.50. The van der Waals surface area contributed by atoms with E-state index in [1.807, 2.05) is 91.9 Å². The molecule has 2 unspecified atom stereocenters. The highest BCUT2D eigenvalue weighted by atomic mass is 16.6. The predicted octanol–water partition coefficient (Wildman–Crippen LogP) is 10.0. The van der Waals surface area contributed by atoms with Crippen molar-refractivity contribution in [1.29, 1.82) is 0 Å². The highest BCUT2D eigenvalue weighted by molar-refractivity contribution is 6.00. The first-order valence-corrected chi connectivity index (χ1v) is 19.9. The number of rotatable bonds is 21. The number of benzene rings is 3. The molecule has 10 heteroatoms. The highest BCUT2D eigenvalue weighted by Gasteiger charge is 2.50. The van der Waals surface area contributed by atoms with E-state index in [0.29, 0.717) is 38.7 Å². The third kappa shape index (κ3) is 16.1. The number of esters is 3. The number of alkyl carbamates (subject to hydrolysis) is 1. The van der Waals surface area contributed by atoms with E-state index in [1.165, 1.54) is 0 Å². The summed E-state index contributed by atoms with van der Waals surface area (Å²) in [5, 5.41) is 2.65. The number of unbranched alkanes of at least 4 members (excludes halogenated alkanes) is 1. The molecule has 0 bridgehead atoms. The van der Waals surface area contributed by atoms with Crippen molar-refractivity contribution in [3.05, 3.63) is 114 Å². The molecule has 0 radical (unpaired) electrons. The molecular formula is C47H63NO9. The van der Waals surface area contributed by atoms with Crippen LogP contribution in [0.5, 0.6) is 5.75 Å². The lowest BCUT2D eigenvalue weighted by Crippen LogP contribution is -2.49. The van der Waals surface area contributed by atoms with Gasteiger partial charge >= 0.3 is 24.0 Å². The normalized spacial score (nSPS) is 14.2. The van der Waals surface area contributed by atoms with Crippen LogP contribution in [0.1, 0.15) is 117 Å². The number of nitrogens with one attached hydrogen (secondary N) is 1. The molecule has 10 nitrogen and oxygen atoms in total. The third-order valence-electron chi connectivity index (χ3n) is 9.39. The summed E-state index contributed by atoms with van der Waals surface area (Å²) < 4.78 is 29.2. The molecular weight excluding hydrogens is 723 g/mol. The maximum Gasteiger partial charge on any atom is 0.408 e. The molecule has 0 spiro atoms. The van der Waals surface area contributed by atoms with Gasteiger partial charge in [-0.1, -0.05) is 92.2 Å². The fraction of sp³-hybridized carbons (Fsp3) is 0.489. The smallest absolute Gasteiger partial charge is 0.408 e. The molecule has 0 aromatic heterocycles. The van der Waals surface area contributed by atoms with Gasteiger partial charge in [-0.2, -0.15) is 0 Å². The second-order valence-electron chi connectivity index (χ2n) is 16.7. The fourth-order valence-corrected chi connectivity index (χ4v) is 6.07. The minimum Gasteiger partial charge on any atom is -0.489 e. The van der Waals surface area contributed by atoms with E-state index in [2.05, 4.69) is 11.9 Å². The van der Waals surface area contributed by atoms with Crippen LogP contribution < -0.4 is 10.1 Å². The fourth-order valence-electron chi connectivity index (χ4n) is 6.07. The van der Waals surface area contributed by atoms with Gasteiger partial charge in [-0.25, -0.2) is 9.59 Å². The number of hydrogen-bond acceptors (Lipinski definition) is 9. The van der Waals surface area contributed by atoms with Crippen molar-refractivity contribution in [1.82, 2.24) is 5.32 Å². The molecule has 0 aliphatic heterocycles. The van der Waals surface area contributed by atoms with Gasteiger partial charge in [-0.3, -0.25) is 9.59 Å². The zero-order valence-electron chi connectivity index (χ0n) is 35.2. The lowest BCUT2D eigenvalue weighted by Gasteiger charge is -2.34. The molecule has 0 aliphatic carbocycles. The maximum atomic E-state index is 14.4. The largest absolute Gasteiger partial charge is 0.489 e. The maximum absolute atomic E-state index is 14.4. The Kier molecular flexibility index (Phi) is 17.4. The van der Waals surface area contributed by atoms with Crippen LogP contribution in [0.4, 0.5) is 4.79 Å². The molecule has 3 aromatic carbocycles. The Hall–Kier alpha value is -5.12. The van der Waals surface area contributed by atoms with Crippen LogP contribution >= 0.6 is 0 Å². The van der Waals surface area contributed by atoms with Gasteiger partial charge in [0.2, 0.25) is 0 Å². The number of hydrogen-bond donors (Lipinski definition) is 1. The molecule has 1 amide bonds. The molecule has 57 heavy (non-hydrogen) atoms. The molecule has 0 saturated heterocycles. The zero-order chi connectivity index (χ0) is 42.1. The van der Waals surface area contributed by atoms with E-state index in [4.69, 9.17) is 23.7 Å². The number of carbonyl (C=O) groups excluding carboxylic acids is 4. The number of ether oxygens (including phenoxy) is 5. The molecule has 3 aromatic rings. The van der Waals surface area contributed by atoms with Gasteiger partial charge < -0.3 is 29.0 Å². The van der Waals surface area contributed by atoms with Crippen molar-refractivity contribution in [2.24, 2.45) is 5.41 Å². The third-order valence-corrected chi connectivity index (χ3v) is 9.39. The van der Waals surface area contributed by atoms with Gasteiger partial charge in [0.15, 0.2) is 5.41 Å². The van der Waals surface area contributed by atoms with Crippen molar-refractivity contribution >= 4 is 24.0 Å². The van der Waals surface area contributed by atoms with Crippen molar-refractivity contribution in [3.63, 3.8) is 0 Å². The first-order valence-electron chi connectivity index (χ1n) is 19.9. The predicted molar refractivity (Wildman–Crippen MR) is 221 cm³/mol. The van der Waals surface area contributed by atoms with Crippen LogP contribution in [0.3, 0.4) is 0 Å². The molecule has 0 fully saturated rings. The summed E-state index contributed by atoms with van der Waals surface area (Å²) >= 11 is 0. The molecule has 3 rings (SSSR count). The average molecular weight is 786 g/mol. The Bertz CT molecular complexity index is 1730. The van der Waals surface area contributed by atoms with Crippen molar-refractivity contribution in [3.8, 4) is 5.75 Å². The molecule has 0 saturated carbocycles. The second-order valence-corrected chi connectivity index (χ2v) is 16.7. The quantitative estimate of drug-likeness (QED) is 0.0369. The molecule has 3 atom stereocenters. The summed E-state index contributed by atoms with van der Waals surface area (Å²) in [6, 6.07) is 25.7. The average Bonchev–Trinajstić information content (AvgIpc) is 3.15. The van der Waals surface area contributed by atoms with Gasteiger partial charge in [0.1, 0.15) is 41.8 Å². The van der Waals surface area contributed by atoms with Gasteiger partial charge in [0, 0.05) is 6.42 Å². The van der Waals surface area contributed by atoms with E-state index in [0.717, 1.165) is 22.4 Å². The van der Waals surface area contributed by atoms with E-state index in [9.17, 15) is 19.2 Å². The summed E-state index contributed by atoms with van der Waals surface area (Å²) in [5.41, 5.74) is -1.61. The number of carbonyl (C=O) groups is 4. The first kappa shape index (κ1) is 46.3. The molecule has 0 aliphatic rings. The van der Waals surface area contributed by atoms with Crippen LogP contribution in [-0.4, -0.2) is 46.8 Å². The molecule has 310 valence electrons. The Morgan fingerprint density at radius 1 is 0.684 bits per heavy atom. The standard InChI is InChI=1S/C47H63NO9/c1-10-30-46(9,11-2)55-40(49)39(48-43(52)57-45(6,7)8)29-32-47(42(51)56-44(3,4)5,41(50)54-34-37-23-16-13-17-24-37)31-19-18-20-35-25-27-38(28-26-35)53-33-36-21-14-12-15-22-36/h10,12-17,21-28,39H,1,11,18-20,29-34H2,2-9H3,(H,48,52)/t39-,46?,47?/m0/s1. The van der Waals surface area contributed by atoms with E-state index in [-0.39, 0.29) is 25.9 Å². The van der Waals surface area contributed by atoms with E-state index in [1.54, 1.807) is 54.5 Å². The van der Waals surface area contributed by atoms with Gasteiger partial charge in [-0.15, -0.1) is 6.58 Å². The lowest BCUT2D eigenvalue weighted by atomic mass is 9.77. The Labute approximate surface area is 339 Å². The van der Waals surface area contributed by atoms with Crippen LogP contribution in [0, 0.1) is 5.41 Å². The van der Waals surface area contributed by atoms with Gasteiger partial charge in [0.25, 0.3) is 0 Å². The van der Waals surface area contributed by atoms with Crippen LogP contribution in [0.15, 0.2) is 97.6 Å². The summed E-state index contributed by atoms with van der Waals surface area (Å²) in [7, 11) is 0. The highest BCUT2D eigenvalue weighted by Crippen LogP contribution is 2.37. The van der Waals surface area contributed by atoms with Crippen molar-refractivity contribution in [2.75, 3.05) is 0 Å². The number of aryl methyl sites for hydroxylation is 1. The van der Waals surface area contributed by atoms with E-state index < -0.39 is 52.3 Å². The van der Waals surface area contributed by atoms with Crippen LogP contribution in [-0.2, 0) is 53.0 Å². The Morgan fingerprint density at radius 3 is 1.81 bits per heavy atom. The van der Waals surface area contributed by atoms with Crippen LogP contribution in [0.25, 0.3) is 0 Å². The Balaban J connectivity index is 1.90. The minimum absolute atomic E-state index is 0.0685. The van der Waals surface area contributed by atoms with Gasteiger partial charge in [-0.05, 0) is 116 Å². The summed E-state index contributed by atoms with van der Waals surface area (Å²) in [6.45, 7) is 18.2. The second kappa shape index (κ2) is 21.4. The van der Waals surface area contributed by atoms with Crippen molar-refractivity contribution in [2.45, 2.75) is 143 Å². The first-order chi connectivity index (χ1) is 26.9.